The Morgan fingerprint density at radius 2 is 1.54 bits per heavy atom. The summed E-state index contributed by atoms with van der Waals surface area (Å²) in [4.78, 5) is 22.4. The third-order valence-electron chi connectivity index (χ3n) is 9.78. The van der Waals surface area contributed by atoms with Crippen molar-refractivity contribution in [3.05, 3.63) is 101 Å². The van der Waals surface area contributed by atoms with Gasteiger partial charge in [-0.25, -0.2) is 4.98 Å². The van der Waals surface area contributed by atoms with Gasteiger partial charge in [-0.3, -0.25) is 9.36 Å². The molecule has 0 atom stereocenters. The summed E-state index contributed by atoms with van der Waals surface area (Å²) in [5.41, 5.74) is 8.36. The molecule has 0 radical (unpaired) electrons. The lowest BCUT2D eigenvalue weighted by atomic mass is 10.0. The smallest absolute Gasteiger partial charge is 0.255 e. The van der Waals surface area contributed by atoms with Crippen molar-refractivity contribution >= 4 is 22.5 Å². The molecule has 0 aliphatic carbocycles. The Morgan fingerprint density at radius 3 is 2.21 bits per heavy atom. The molecule has 3 heterocycles. The summed E-state index contributed by atoms with van der Waals surface area (Å²) in [5, 5.41) is 4.33. The molecule has 0 bridgehead atoms. The number of amides is 1. The van der Waals surface area contributed by atoms with E-state index in [1.807, 2.05) is 35.0 Å². The van der Waals surface area contributed by atoms with Gasteiger partial charge in [0.15, 0.2) is 0 Å². The van der Waals surface area contributed by atoms with Gasteiger partial charge >= 0.3 is 0 Å². The number of nitrogens with zero attached hydrogens (tertiary/aromatic N) is 5. The first kappa shape index (κ1) is 33.3. The van der Waals surface area contributed by atoms with Crippen LogP contribution in [0.25, 0.3) is 16.6 Å². The first-order valence-electron chi connectivity index (χ1n) is 17.0. The quantitative estimate of drug-likeness (QED) is 0.143. The molecule has 1 amide bonds. The molecule has 1 aliphatic heterocycles. The van der Waals surface area contributed by atoms with Crippen molar-refractivity contribution in [1.82, 2.24) is 23.9 Å². The number of fused-ring (bicyclic) bond motifs is 1. The normalized spacial score (nSPS) is 14.0. The third-order valence-corrected chi connectivity index (χ3v) is 9.78. The molecule has 1 aliphatic rings. The number of hydrogen-bond donors (Lipinski definition) is 1. The van der Waals surface area contributed by atoms with E-state index in [-0.39, 0.29) is 5.91 Å². The molecule has 6 rings (SSSR count). The molecule has 0 spiro atoms. The number of anilines is 1. The number of imidazole rings is 1. The molecule has 2 aromatic heterocycles. The number of nitrogens with one attached hydrogen (secondary N) is 1. The summed E-state index contributed by atoms with van der Waals surface area (Å²) in [6.07, 6.45) is 9.72. The second-order valence-corrected chi connectivity index (χ2v) is 12.9. The molecule has 1 N–H and O–H groups in total. The Balaban J connectivity index is 1.07. The van der Waals surface area contributed by atoms with Gasteiger partial charge in [-0.15, -0.1) is 0 Å². The summed E-state index contributed by atoms with van der Waals surface area (Å²) in [6.45, 7) is 11.6. The summed E-state index contributed by atoms with van der Waals surface area (Å²) in [5.74, 6) is 0.925. The van der Waals surface area contributed by atoms with E-state index in [9.17, 15) is 4.79 Å². The fraction of sp³-hybridized carbons (Fsp3) is 0.385. The number of likely N-dealkylation sites (N-methyl/N-ethyl adjacent to an activating group) is 1. The Hall–Kier alpha value is -4.60. The summed E-state index contributed by atoms with van der Waals surface area (Å²) in [7, 11) is 5.40. The predicted octanol–water partition coefficient (Wildman–Crippen LogP) is 6.72. The van der Waals surface area contributed by atoms with Gasteiger partial charge in [0, 0.05) is 85.1 Å². The average molecular weight is 649 g/mol. The number of rotatable bonds is 13. The Bertz CT molecular complexity index is 1810. The highest BCUT2D eigenvalue weighted by Crippen LogP contribution is 2.36. The minimum Gasteiger partial charge on any atom is -0.494 e. The maximum absolute atomic E-state index is 13.2. The molecule has 0 saturated carbocycles. The summed E-state index contributed by atoms with van der Waals surface area (Å²) >= 11 is 0. The van der Waals surface area contributed by atoms with Crippen molar-refractivity contribution in [2.45, 2.75) is 46.1 Å². The fourth-order valence-electron chi connectivity index (χ4n) is 6.77. The topological polar surface area (TPSA) is 76.8 Å². The number of ether oxygens (including phenoxy) is 2. The Kier molecular flexibility index (Phi) is 10.5. The largest absolute Gasteiger partial charge is 0.494 e. The van der Waals surface area contributed by atoms with Crippen LogP contribution in [0.5, 0.6) is 11.5 Å². The second kappa shape index (κ2) is 15.1. The zero-order chi connectivity index (χ0) is 33.6. The highest BCUT2D eigenvalue weighted by Gasteiger charge is 2.17. The van der Waals surface area contributed by atoms with Crippen LogP contribution in [-0.4, -0.2) is 83.8 Å². The van der Waals surface area contributed by atoms with E-state index in [0.29, 0.717) is 28.4 Å². The number of aromatic nitrogens is 3. The van der Waals surface area contributed by atoms with E-state index in [4.69, 9.17) is 9.47 Å². The molecule has 1 saturated heterocycles. The molecule has 48 heavy (non-hydrogen) atoms. The fourth-order valence-corrected chi connectivity index (χ4v) is 6.77. The maximum Gasteiger partial charge on any atom is 0.255 e. The monoisotopic (exact) mass is 648 g/mol. The van der Waals surface area contributed by atoms with Crippen molar-refractivity contribution in [3.8, 4) is 17.2 Å². The molecule has 3 aromatic carbocycles. The van der Waals surface area contributed by atoms with Gasteiger partial charge in [0.05, 0.1) is 20.5 Å². The molecule has 0 unspecified atom stereocenters. The van der Waals surface area contributed by atoms with Crippen LogP contribution in [-0.2, 0) is 13.0 Å². The zero-order valence-electron chi connectivity index (χ0n) is 29.0. The maximum atomic E-state index is 13.2. The lowest BCUT2D eigenvalue weighted by Crippen LogP contribution is -2.44. The van der Waals surface area contributed by atoms with Crippen LogP contribution in [0.2, 0.25) is 0 Å². The molecule has 9 heteroatoms. The number of benzene rings is 3. The van der Waals surface area contributed by atoms with Crippen molar-refractivity contribution in [2.24, 2.45) is 0 Å². The van der Waals surface area contributed by atoms with Crippen LogP contribution in [0.3, 0.4) is 0 Å². The second-order valence-electron chi connectivity index (χ2n) is 12.9. The molecule has 5 aromatic rings. The van der Waals surface area contributed by atoms with Crippen molar-refractivity contribution in [2.75, 3.05) is 59.3 Å². The van der Waals surface area contributed by atoms with Crippen LogP contribution in [0.15, 0.2) is 73.3 Å². The molecular formula is C39H48N6O3. The van der Waals surface area contributed by atoms with Gasteiger partial charge in [-0.05, 0) is 87.7 Å². The number of piperazine rings is 1. The first-order chi connectivity index (χ1) is 23.3. The number of carbonyl (C=O) groups excluding carboxylic acids is 1. The lowest BCUT2D eigenvalue weighted by Gasteiger charge is -2.32. The van der Waals surface area contributed by atoms with Crippen LogP contribution < -0.4 is 14.8 Å². The van der Waals surface area contributed by atoms with E-state index in [2.05, 4.69) is 63.8 Å². The van der Waals surface area contributed by atoms with Crippen LogP contribution in [0.1, 0.15) is 52.0 Å². The van der Waals surface area contributed by atoms with E-state index < -0.39 is 0 Å². The standard InChI is InChI=1S/C39H48N6O3/c1-28-29(2)45(17-8-6-7-16-43-21-19-42(3)20-22-43)35-14-11-31(24-34(28)35)23-30-9-12-32(13-10-30)39(46)41-33-25-36(47-4)38(37(26-33)48-5)44-18-15-40-27-44/h9-15,18,24-27H,6-8,16-17,19-23H2,1-5H3,(H,41,46). The number of hydrogen-bond acceptors (Lipinski definition) is 6. The third kappa shape index (κ3) is 7.42. The van der Waals surface area contributed by atoms with E-state index in [1.54, 1.807) is 38.9 Å². The van der Waals surface area contributed by atoms with Gasteiger partial charge in [0.25, 0.3) is 5.91 Å². The summed E-state index contributed by atoms with van der Waals surface area (Å²) in [6, 6.07) is 18.3. The van der Waals surface area contributed by atoms with E-state index in [1.165, 1.54) is 79.7 Å². The minimum atomic E-state index is -0.200. The van der Waals surface area contributed by atoms with Crippen LogP contribution in [0, 0.1) is 13.8 Å². The number of unbranched alkanes of at least 4 members (excludes halogenated alkanes) is 2. The van der Waals surface area contributed by atoms with Gasteiger partial charge in [0.2, 0.25) is 0 Å². The average Bonchev–Trinajstić information content (AvgIpc) is 3.72. The Labute approximate surface area is 284 Å². The molecule has 1 fully saturated rings. The summed E-state index contributed by atoms with van der Waals surface area (Å²) < 4.78 is 15.6. The Morgan fingerprint density at radius 1 is 0.854 bits per heavy atom. The highest BCUT2D eigenvalue weighted by molar-refractivity contribution is 6.04. The first-order valence-corrected chi connectivity index (χ1v) is 17.0. The number of aryl methyl sites for hydroxylation is 2. The number of carbonyl (C=O) groups is 1. The van der Waals surface area contributed by atoms with Crippen molar-refractivity contribution in [3.63, 3.8) is 0 Å². The minimum absolute atomic E-state index is 0.200. The van der Waals surface area contributed by atoms with Gasteiger partial charge in [-0.1, -0.05) is 24.6 Å². The predicted molar refractivity (Wildman–Crippen MR) is 193 cm³/mol. The van der Waals surface area contributed by atoms with Crippen LogP contribution >= 0.6 is 0 Å². The van der Waals surface area contributed by atoms with Gasteiger partial charge < -0.3 is 29.2 Å². The molecular weight excluding hydrogens is 600 g/mol. The van der Waals surface area contributed by atoms with E-state index in [0.717, 1.165) is 18.5 Å². The molecule has 9 nitrogen and oxygen atoms in total. The van der Waals surface area contributed by atoms with Crippen LogP contribution in [0.4, 0.5) is 5.69 Å². The van der Waals surface area contributed by atoms with Gasteiger partial charge in [0.1, 0.15) is 17.2 Å². The van der Waals surface area contributed by atoms with Crippen molar-refractivity contribution < 1.29 is 14.3 Å². The zero-order valence-corrected chi connectivity index (χ0v) is 29.0. The van der Waals surface area contributed by atoms with Crippen molar-refractivity contribution in [1.29, 1.82) is 0 Å². The lowest BCUT2D eigenvalue weighted by molar-refractivity contribution is 0.102. The molecule has 252 valence electrons. The SMILES string of the molecule is COc1cc(NC(=O)c2ccc(Cc3ccc4c(c3)c(C)c(C)n4CCCCCN3CCN(C)CC3)cc2)cc(OC)c1-n1ccnc1. The van der Waals surface area contributed by atoms with E-state index >= 15 is 0 Å². The van der Waals surface area contributed by atoms with Gasteiger partial charge in [-0.2, -0.15) is 0 Å². The highest BCUT2D eigenvalue weighted by atomic mass is 16.5. The number of methoxy groups -OCH3 is 2.